The van der Waals surface area contributed by atoms with E-state index in [1.54, 1.807) is 17.9 Å². The second-order valence-corrected chi connectivity index (χ2v) is 6.14. The number of carbonyl (C=O) groups excluding carboxylic acids is 2. The number of hydrogen-bond acceptors (Lipinski definition) is 2. The van der Waals surface area contributed by atoms with E-state index in [0.29, 0.717) is 18.7 Å². The van der Waals surface area contributed by atoms with Crippen LogP contribution >= 0.6 is 0 Å². The first-order valence-corrected chi connectivity index (χ1v) is 7.86. The van der Waals surface area contributed by atoms with Gasteiger partial charge in [0, 0.05) is 25.6 Å². The Morgan fingerprint density at radius 1 is 1.17 bits per heavy atom. The molecule has 0 bridgehead atoms. The molecule has 0 saturated carbocycles. The van der Waals surface area contributed by atoms with Crippen LogP contribution in [0.1, 0.15) is 23.6 Å². The van der Waals surface area contributed by atoms with Gasteiger partial charge in [-0.3, -0.25) is 9.59 Å². The Morgan fingerprint density at radius 3 is 2.54 bits per heavy atom. The summed E-state index contributed by atoms with van der Waals surface area (Å²) in [4.78, 5) is 26.2. The third-order valence-corrected chi connectivity index (χ3v) is 4.27. The Bertz CT molecular complexity index is 783. The molecule has 0 radical (unpaired) electrons. The number of nitrogens with zero attached hydrogens (tertiary/aromatic N) is 1. The fraction of sp³-hybridized carbons (Fsp3) is 0.263. The molecule has 4 nitrogen and oxygen atoms in total. The lowest BCUT2D eigenvalue weighted by Gasteiger charge is -2.35. The third-order valence-electron chi connectivity index (χ3n) is 4.27. The van der Waals surface area contributed by atoms with Gasteiger partial charge in [0.1, 0.15) is 11.9 Å². The molecule has 2 aromatic carbocycles. The van der Waals surface area contributed by atoms with Crippen LogP contribution in [0.15, 0.2) is 42.5 Å². The zero-order valence-electron chi connectivity index (χ0n) is 13.7. The highest BCUT2D eigenvalue weighted by Crippen LogP contribution is 2.24. The number of carbonyl (C=O) groups is 2. The monoisotopic (exact) mass is 326 g/mol. The molecule has 1 aliphatic heterocycles. The van der Waals surface area contributed by atoms with E-state index in [4.69, 9.17) is 0 Å². The maximum atomic E-state index is 13.5. The molecule has 3 rings (SSSR count). The number of aryl methyl sites for hydroxylation is 1. The molecular formula is C19H19FN2O2. The molecule has 1 N–H and O–H groups in total. The molecule has 1 heterocycles. The lowest BCUT2D eigenvalue weighted by molar-refractivity contribution is -0.138. The van der Waals surface area contributed by atoms with E-state index in [-0.39, 0.29) is 11.8 Å². The first-order valence-electron chi connectivity index (χ1n) is 7.86. The number of hydrogen-bond donors (Lipinski definition) is 1. The van der Waals surface area contributed by atoms with Crippen LogP contribution in [0, 0.1) is 12.7 Å². The summed E-state index contributed by atoms with van der Waals surface area (Å²) >= 11 is 0. The normalized spacial score (nSPS) is 16.5. The van der Waals surface area contributed by atoms with Crippen LogP contribution in [0.3, 0.4) is 0 Å². The summed E-state index contributed by atoms with van der Waals surface area (Å²) in [5.74, 6) is -0.854. The van der Waals surface area contributed by atoms with E-state index >= 15 is 0 Å². The number of fused-ring (bicyclic) bond motifs is 1. The summed E-state index contributed by atoms with van der Waals surface area (Å²) < 4.78 is 13.5. The summed E-state index contributed by atoms with van der Waals surface area (Å²) in [6.45, 7) is 3.63. The molecule has 0 saturated heterocycles. The van der Waals surface area contributed by atoms with Crippen LogP contribution in [0.25, 0.3) is 0 Å². The largest absolute Gasteiger partial charge is 0.326 e. The van der Waals surface area contributed by atoms with Crippen LogP contribution in [0.2, 0.25) is 0 Å². The summed E-state index contributed by atoms with van der Waals surface area (Å²) in [5, 5.41) is 2.74. The molecule has 1 atom stereocenters. The standard InChI is InChI=1S/C19H19FN2O2/c1-12-7-16(20)10-17(8-12)21-19(24)18-9-14-5-3-4-6-15(14)11-22(18)13(2)23/h3-8,10,18H,9,11H2,1-2H3,(H,21,24). The summed E-state index contributed by atoms with van der Waals surface area (Å²) in [7, 11) is 0. The van der Waals surface area contributed by atoms with Crippen LogP contribution in [-0.4, -0.2) is 22.8 Å². The molecule has 124 valence electrons. The van der Waals surface area contributed by atoms with Crippen molar-refractivity contribution in [2.45, 2.75) is 32.9 Å². The smallest absolute Gasteiger partial charge is 0.247 e. The van der Waals surface area contributed by atoms with Gasteiger partial charge in [0.25, 0.3) is 0 Å². The summed E-state index contributed by atoms with van der Waals surface area (Å²) in [6.07, 6.45) is 0.454. The van der Waals surface area contributed by atoms with E-state index in [1.165, 1.54) is 19.1 Å². The Labute approximate surface area is 140 Å². The van der Waals surface area contributed by atoms with Gasteiger partial charge < -0.3 is 10.2 Å². The molecule has 0 aromatic heterocycles. The van der Waals surface area contributed by atoms with Gasteiger partial charge >= 0.3 is 0 Å². The number of halogens is 1. The van der Waals surface area contributed by atoms with Crippen LogP contribution in [-0.2, 0) is 22.6 Å². The number of rotatable bonds is 2. The zero-order chi connectivity index (χ0) is 17.3. The molecule has 1 aliphatic rings. The van der Waals surface area contributed by atoms with E-state index < -0.39 is 11.9 Å². The number of anilines is 1. The van der Waals surface area contributed by atoms with Crippen molar-refractivity contribution >= 4 is 17.5 Å². The lowest BCUT2D eigenvalue weighted by atomic mass is 9.93. The third kappa shape index (κ3) is 3.30. The molecule has 24 heavy (non-hydrogen) atoms. The Hall–Kier alpha value is -2.69. The second-order valence-electron chi connectivity index (χ2n) is 6.14. The Morgan fingerprint density at radius 2 is 1.88 bits per heavy atom. The van der Waals surface area contributed by atoms with E-state index in [0.717, 1.165) is 16.7 Å². The molecule has 0 fully saturated rings. The molecule has 5 heteroatoms. The number of amides is 2. The average molecular weight is 326 g/mol. The van der Waals surface area contributed by atoms with Gasteiger partial charge in [-0.15, -0.1) is 0 Å². The number of nitrogens with one attached hydrogen (secondary N) is 1. The Balaban J connectivity index is 1.85. The predicted octanol–water partition coefficient (Wildman–Crippen LogP) is 3.05. The van der Waals surface area contributed by atoms with Crippen molar-refractivity contribution in [3.63, 3.8) is 0 Å². The van der Waals surface area contributed by atoms with Crippen LogP contribution in [0.5, 0.6) is 0 Å². The van der Waals surface area contributed by atoms with Gasteiger partial charge in [-0.05, 0) is 41.8 Å². The molecular weight excluding hydrogens is 307 g/mol. The molecule has 0 aliphatic carbocycles. The SMILES string of the molecule is CC(=O)N1Cc2ccccc2CC1C(=O)Nc1cc(C)cc(F)c1. The first kappa shape index (κ1) is 16.2. The minimum atomic E-state index is -0.596. The highest BCUT2D eigenvalue weighted by atomic mass is 19.1. The van der Waals surface area contributed by atoms with Crippen molar-refractivity contribution in [1.82, 2.24) is 4.90 Å². The van der Waals surface area contributed by atoms with E-state index in [1.807, 2.05) is 24.3 Å². The van der Waals surface area contributed by atoms with Gasteiger partial charge in [0.15, 0.2) is 0 Å². The Kier molecular flexibility index (Phi) is 4.34. The van der Waals surface area contributed by atoms with Crippen molar-refractivity contribution in [2.75, 3.05) is 5.32 Å². The van der Waals surface area contributed by atoms with Crippen LogP contribution < -0.4 is 5.32 Å². The van der Waals surface area contributed by atoms with Crippen LogP contribution in [0.4, 0.5) is 10.1 Å². The number of benzene rings is 2. The quantitative estimate of drug-likeness (QED) is 0.922. The lowest BCUT2D eigenvalue weighted by Crippen LogP contribution is -2.49. The van der Waals surface area contributed by atoms with Gasteiger partial charge in [-0.1, -0.05) is 24.3 Å². The van der Waals surface area contributed by atoms with Gasteiger partial charge in [0.05, 0.1) is 0 Å². The minimum Gasteiger partial charge on any atom is -0.326 e. The average Bonchev–Trinajstić information content (AvgIpc) is 2.52. The molecule has 0 spiro atoms. The highest BCUT2D eigenvalue weighted by molar-refractivity contribution is 5.97. The van der Waals surface area contributed by atoms with Crippen molar-refractivity contribution < 1.29 is 14.0 Å². The van der Waals surface area contributed by atoms with E-state index in [2.05, 4.69) is 5.32 Å². The topological polar surface area (TPSA) is 49.4 Å². The van der Waals surface area contributed by atoms with Gasteiger partial charge in [0.2, 0.25) is 11.8 Å². The predicted molar refractivity (Wildman–Crippen MR) is 89.9 cm³/mol. The molecule has 2 amide bonds. The van der Waals surface area contributed by atoms with Gasteiger partial charge in [-0.2, -0.15) is 0 Å². The van der Waals surface area contributed by atoms with Crippen molar-refractivity contribution in [1.29, 1.82) is 0 Å². The fourth-order valence-corrected chi connectivity index (χ4v) is 3.12. The molecule has 1 unspecified atom stereocenters. The van der Waals surface area contributed by atoms with Crippen molar-refractivity contribution in [2.24, 2.45) is 0 Å². The van der Waals surface area contributed by atoms with Gasteiger partial charge in [-0.25, -0.2) is 4.39 Å². The zero-order valence-corrected chi connectivity index (χ0v) is 13.7. The second kappa shape index (κ2) is 6.43. The minimum absolute atomic E-state index is 0.153. The summed E-state index contributed by atoms with van der Waals surface area (Å²) in [5.41, 5.74) is 3.24. The van der Waals surface area contributed by atoms with Crippen molar-refractivity contribution in [3.8, 4) is 0 Å². The fourth-order valence-electron chi connectivity index (χ4n) is 3.12. The maximum Gasteiger partial charge on any atom is 0.247 e. The maximum absolute atomic E-state index is 13.5. The van der Waals surface area contributed by atoms with E-state index in [9.17, 15) is 14.0 Å². The van der Waals surface area contributed by atoms with Crippen molar-refractivity contribution in [3.05, 3.63) is 65.0 Å². The summed E-state index contributed by atoms with van der Waals surface area (Å²) in [6, 6.07) is 11.6. The molecule has 2 aromatic rings. The highest BCUT2D eigenvalue weighted by Gasteiger charge is 2.33. The first-order chi connectivity index (χ1) is 11.4.